The second-order valence-electron chi connectivity index (χ2n) is 5.38. The van der Waals surface area contributed by atoms with Crippen LogP contribution in [0.15, 0.2) is 48.5 Å². The summed E-state index contributed by atoms with van der Waals surface area (Å²) < 4.78 is 13.1. The van der Waals surface area contributed by atoms with Gasteiger partial charge in [-0.1, -0.05) is 35.9 Å². The van der Waals surface area contributed by atoms with Crippen molar-refractivity contribution in [3.63, 3.8) is 0 Å². The third kappa shape index (κ3) is 3.61. The number of benzene rings is 2. The molecule has 1 fully saturated rings. The van der Waals surface area contributed by atoms with Gasteiger partial charge in [-0.05, 0) is 41.8 Å². The van der Waals surface area contributed by atoms with Crippen LogP contribution >= 0.6 is 11.6 Å². The second kappa shape index (κ2) is 5.86. The fourth-order valence-electron chi connectivity index (χ4n) is 2.55. The molecule has 0 aromatic heterocycles. The van der Waals surface area contributed by atoms with Crippen molar-refractivity contribution < 1.29 is 9.18 Å². The molecule has 2 atom stereocenters. The van der Waals surface area contributed by atoms with Crippen LogP contribution in [0.5, 0.6) is 0 Å². The normalized spacial score (nSPS) is 20.1. The highest BCUT2D eigenvalue weighted by Gasteiger charge is 2.39. The van der Waals surface area contributed by atoms with Crippen molar-refractivity contribution in [3.05, 3.63) is 70.5 Å². The van der Waals surface area contributed by atoms with Crippen LogP contribution in [0.25, 0.3) is 0 Å². The van der Waals surface area contributed by atoms with Gasteiger partial charge in [-0.25, -0.2) is 4.39 Å². The largest absolute Gasteiger partial charge is 0.352 e. The first-order chi connectivity index (χ1) is 10.1. The van der Waals surface area contributed by atoms with Crippen LogP contribution in [-0.4, -0.2) is 11.9 Å². The average molecular weight is 304 g/mol. The minimum Gasteiger partial charge on any atom is -0.352 e. The molecule has 108 valence electrons. The van der Waals surface area contributed by atoms with Gasteiger partial charge in [0.15, 0.2) is 0 Å². The zero-order valence-corrected chi connectivity index (χ0v) is 12.1. The van der Waals surface area contributed by atoms with Crippen LogP contribution in [-0.2, 0) is 11.2 Å². The topological polar surface area (TPSA) is 29.1 Å². The van der Waals surface area contributed by atoms with Gasteiger partial charge < -0.3 is 5.32 Å². The molecular formula is C17H15ClFNO. The van der Waals surface area contributed by atoms with Gasteiger partial charge in [0.1, 0.15) is 5.82 Å². The van der Waals surface area contributed by atoms with Crippen molar-refractivity contribution >= 4 is 17.5 Å². The van der Waals surface area contributed by atoms with Crippen molar-refractivity contribution in [2.24, 2.45) is 0 Å². The summed E-state index contributed by atoms with van der Waals surface area (Å²) in [5, 5.41) is 3.70. The molecule has 0 unspecified atom stereocenters. The van der Waals surface area contributed by atoms with Gasteiger partial charge in [-0.15, -0.1) is 0 Å². The second-order valence-corrected chi connectivity index (χ2v) is 5.81. The van der Waals surface area contributed by atoms with Gasteiger partial charge in [0.2, 0.25) is 5.91 Å². The Morgan fingerprint density at radius 3 is 2.81 bits per heavy atom. The quantitative estimate of drug-likeness (QED) is 0.917. The molecule has 0 heterocycles. The van der Waals surface area contributed by atoms with Gasteiger partial charge in [-0.2, -0.15) is 0 Å². The lowest BCUT2D eigenvalue weighted by molar-refractivity contribution is -0.120. The summed E-state index contributed by atoms with van der Waals surface area (Å²) in [7, 11) is 0. The Hall–Kier alpha value is -1.87. The van der Waals surface area contributed by atoms with Gasteiger partial charge in [0, 0.05) is 17.0 Å². The fourth-order valence-corrected chi connectivity index (χ4v) is 2.75. The van der Waals surface area contributed by atoms with E-state index in [9.17, 15) is 9.18 Å². The molecular weight excluding hydrogens is 289 g/mol. The molecule has 2 aromatic rings. The number of carbonyl (C=O) groups excluding carboxylic acids is 1. The maximum absolute atomic E-state index is 13.1. The van der Waals surface area contributed by atoms with Gasteiger partial charge in [0.25, 0.3) is 0 Å². The van der Waals surface area contributed by atoms with Crippen LogP contribution in [0.2, 0.25) is 5.02 Å². The Balaban J connectivity index is 1.55. The van der Waals surface area contributed by atoms with Crippen LogP contribution in [0.1, 0.15) is 23.5 Å². The minimum absolute atomic E-state index is 0.0740. The number of hydrogen-bond donors (Lipinski definition) is 1. The van der Waals surface area contributed by atoms with Crippen molar-refractivity contribution in [1.82, 2.24) is 5.32 Å². The Labute approximate surface area is 127 Å². The van der Waals surface area contributed by atoms with E-state index < -0.39 is 0 Å². The Morgan fingerprint density at radius 2 is 2.05 bits per heavy atom. The summed E-state index contributed by atoms with van der Waals surface area (Å²) in [5.74, 6) is -0.0567. The first-order valence-electron chi connectivity index (χ1n) is 6.91. The van der Waals surface area contributed by atoms with Crippen molar-refractivity contribution in [2.45, 2.75) is 24.8 Å². The zero-order valence-electron chi connectivity index (χ0n) is 11.4. The van der Waals surface area contributed by atoms with E-state index in [4.69, 9.17) is 11.6 Å². The highest BCUT2D eigenvalue weighted by molar-refractivity contribution is 6.30. The molecule has 2 aromatic carbocycles. The third-order valence-corrected chi connectivity index (χ3v) is 3.90. The minimum atomic E-state index is -0.316. The maximum Gasteiger partial charge on any atom is 0.224 e. The molecule has 1 amide bonds. The van der Waals surface area contributed by atoms with Crippen molar-refractivity contribution in [2.75, 3.05) is 0 Å². The summed E-state index contributed by atoms with van der Waals surface area (Å²) >= 11 is 5.97. The molecule has 0 radical (unpaired) electrons. The van der Waals surface area contributed by atoms with E-state index in [2.05, 4.69) is 5.32 Å². The summed E-state index contributed by atoms with van der Waals surface area (Å²) in [5.41, 5.74) is 1.84. The first-order valence-corrected chi connectivity index (χ1v) is 7.29. The molecule has 0 spiro atoms. The number of carbonyl (C=O) groups is 1. The Bertz CT molecular complexity index is 673. The predicted molar refractivity (Wildman–Crippen MR) is 80.8 cm³/mol. The van der Waals surface area contributed by atoms with E-state index in [0.29, 0.717) is 16.5 Å². The van der Waals surface area contributed by atoms with Crippen LogP contribution in [0, 0.1) is 5.82 Å². The van der Waals surface area contributed by atoms with Crippen molar-refractivity contribution in [1.29, 1.82) is 0 Å². The van der Waals surface area contributed by atoms with Gasteiger partial charge in [-0.3, -0.25) is 4.79 Å². The number of nitrogens with one attached hydrogen (secondary N) is 1. The lowest BCUT2D eigenvalue weighted by atomic mass is 10.1. The maximum atomic E-state index is 13.1. The molecule has 1 aliphatic rings. The molecule has 21 heavy (non-hydrogen) atoms. The number of rotatable bonds is 4. The summed E-state index contributed by atoms with van der Waals surface area (Å²) in [6.07, 6.45) is 1.13. The van der Waals surface area contributed by atoms with Crippen LogP contribution in [0.3, 0.4) is 0 Å². The van der Waals surface area contributed by atoms with Crippen LogP contribution < -0.4 is 5.32 Å². The monoisotopic (exact) mass is 303 g/mol. The van der Waals surface area contributed by atoms with Crippen molar-refractivity contribution in [3.8, 4) is 0 Å². The summed E-state index contributed by atoms with van der Waals surface area (Å²) in [4.78, 5) is 12.0. The molecule has 1 saturated carbocycles. The molecule has 1 aliphatic carbocycles. The predicted octanol–water partition coefficient (Wildman–Crippen LogP) is 3.69. The highest BCUT2D eigenvalue weighted by Crippen LogP contribution is 2.41. The van der Waals surface area contributed by atoms with Gasteiger partial charge >= 0.3 is 0 Å². The van der Waals surface area contributed by atoms with E-state index in [-0.39, 0.29) is 24.2 Å². The molecule has 3 rings (SSSR count). The number of halogens is 2. The molecule has 4 heteroatoms. The third-order valence-electron chi connectivity index (χ3n) is 3.67. The Morgan fingerprint density at radius 1 is 1.24 bits per heavy atom. The smallest absolute Gasteiger partial charge is 0.224 e. The highest BCUT2D eigenvalue weighted by atomic mass is 35.5. The SMILES string of the molecule is O=C(Cc1cccc(F)c1)N[C@@H]1C[C@H]1c1cccc(Cl)c1. The lowest BCUT2D eigenvalue weighted by Gasteiger charge is -2.05. The number of amides is 1. The molecule has 0 aliphatic heterocycles. The van der Waals surface area contributed by atoms with E-state index in [0.717, 1.165) is 12.0 Å². The van der Waals surface area contributed by atoms with Gasteiger partial charge in [0.05, 0.1) is 6.42 Å². The standard InChI is InChI=1S/C17H15ClFNO/c18-13-5-2-4-12(9-13)15-10-16(15)20-17(21)8-11-3-1-6-14(19)7-11/h1-7,9,15-16H,8,10H2,(H,20,21)/t15-,16+/m0/s1. The number of hydrogen-bond acceptors (Lipinski definition) is 1. The van der Waals surface area contributed by atoms with E-state index in [1.165, 1.54) is 12.1 Å². The summed E-state index contributed by atoms with van der Waals surface area (Å²) in [6.45, 7) is 0. The Kier molecular flexibility index (Phi) is 3.93. The average Bonchev–Trinajstić information content (AvgIpc) is 3.17. The van der Waals surface area contributed by atoms with Crippen LogP contribution in [0.4, 0.5) is 4.39 Å². The molecule has 2 nitrogen and oxygen atoms in total. The molecule has 1 N–H and O–H groups in total. The summed E-state index contributed by atoms with van der Waals surface area (Å²) in [6, 6.07) is 14.0. The van der Waals surface area contributed by atoms with E-state index in [1.54, 1.807) is 12.1 Å². The lowest BCUT2D eigenvalue weighted by Crippen LogP contribution is -2.28. The molecule has 0 saturated heterocycles. The van der Waals surface area contributed by atoms with E-state index >= 15 is 0 Å². The fraction of sp³-hybridized carbons (Fsp3) is 0.235. The van der Waals surface area contributed by atoms with E-state index in [1.807, 2.05) is 24.3 Å². The zero-order chi connectivity index (χ0) is 14.8. The first kappa shape index (κ1) is 14.1. The molecule has 0 bridgehead atoms.